The maximum absolute atomic E-state index is 4.16. The zero-order valence-electron chi connectivity index (χ0n) is 12.7. The van der Waals surface area contributed by atoms with E-state index >= 15 is 0 Å². The maximum atomic E-state index is 4.16. The third-order valence-corrected chi connectivity index (χ3v) is 3.04. The summed E-state index contributed by atoms with van der Waals surface area (Å²) < 4.78 is 1.91. The summed E-state index contributed by atoms with van der Waals surface area (Å²) in [5.74, 6) is 0. The van der Waals surface area contributed by atoms with Crippen LogP contribution in [0.4, 0.5) is 0 Å². The van der Waals surface area contributed by atoms with Crippen molar-refractivity contribution in [3.8, 4) is 0 Å². The van der Waals surface area contributed by atoms with Gasteiger partial charge in [-0.25, -0.2) is 0 Å². The van der Waals surface area contributed by atoms with Crippen LogP contribution in [0.1, 0.15) is 33.4 Å². The van der Waals surface area contributed by atoms with Gasteiger partial charge in [0.2, 0.25) is 0 Å². The molecule has 0 saturated carbocycles. The highest BCUT2D eigenvalue weighted by atomic mass is 15.4. The number of aromatic nitrogens is 3. The van der Waals surface area contributed by atoms with Crippen LogP contribution < -0.4 is 5.32 Å². The topological polar surface area (TPSA) is 46.0 Å². The minimum atomic E-state index is 0.140. The third kappa shape index (κ3) is 5.53. The second-order valence-corrected chi connectivity index (χ2v) is 5.66. The Morgan fingerprint density at radius 2 is 2.21 bits per heavy atom. The van der Waals surface area contributed by atoms with Crippen molar-refractivity contribution in [1.82, 2.24) is 25.2 Å². The lowest BCUT2D eigenvalue weighted by Gasteiger charge is -2.34. The lowest BCUT2D eigenvalue weighted by atomic mass is 10.1. The molecule has 0 radical (unpaired) electrons. The molecule has 5 nitrogen and oxygen atoms in total. The molecule has 0 aliphatic rings. The highest BCUT2D eigenvalue weighted by Gasteiger charge is 2.19. The van der Waals surface area contributed by atoms with Gasteiger partial charge in [0.25, 0.3) is 0 Å². The van der Waals surface area contributed by atoms with Crippen LogP contribution >= 0.6 is 0 Å². The Hall–Kier alpha value is -1.20. The molecule has 1 N–H and O–H groups in total. The van der Waals surface area contributed by atoms with Gasteiger partial charge < -0.3 is 5.32 Å². The van der Waals surface area contributed by atoms with Crippen LogP contribution in [0.2, 0.25) is 0 Å². The standard InChI is InChI=1S/C14H27N5/c1-6-8-18(14(3,4)5)9-10-19-12-13(16-17-19)11-15-7-2/h6,12,15H,1,7-11H2,2-5H3. The summed E-state index contributed by atoms with van der Waals surface area (Å²) in [4.78, 5) is 2.38. The summed E-state index contributed by atoms with van der Waals surface area (Å²) in [5.41, 5.74) is 1.13. The molecule has 1 rings (SSSR count). The van der Waals surface area contributed by atoms with Gasteiger partial charge in [0.15, 0.2) is 0 Å². The van der Waals surface area contributed by atoms with E-state index in [0.717, 1.165) is 38.4 Å². The number of hydrogen-bond acceptors (Lipinski definition) is 4. The second-order valence-electron chi connectivity index (χ2n) is 5.66. The summed E-state index contributed by atoms with van der Waals surface area (Å²) >= 11 is 0. The van der Waals surface area contributed by atoms with Crippen LogP contribution in [0.15, 0.2) is 18.9 Å². The molecule has 0 aliphatic heterocycles. The molecule has 0 bridgehead atoms. The Bertz CT molecular complexity index is 377. The normalized spacial score (nSPS) is 12.1. The van der Waals surface area contributed by atoms with Crippen molar-refractivity contribution in [2.24, 2.45) is 0 Å². The SMILES string of the molecule is C=CCN(CCn1cc(CNCC)nn1)C(C)(C)C. The van der Waals surface area contributed by atoms with E-state index in [0.29, 0.717) is 0 Å². The van der Waals surface area contributed by atoms with E-state index in [2.05, 4.69) is 54.8 Å². The van der Waals surface area contributed by atoms with E-state index in [9.17, 15) is 0 Å². The lowest BCUT2D eigenvalue weighted by Crippen LogP contribution is -2.43. The van der Waals surface area contributed by atoms with Gasteiger partial charge in [-0.3, -0.25) is 9.58 Å². The van der Waals surface area contributed by atoms with Crippen LogP contribution in [-0.4, -0.2) is 45.1 Å². The second kappa shape index (κ2) is 7.40. The van der Waals surface area contributed by atoms with Crippen LogP contribution in [0.5, 0.6) is 0 Å². The average Bonchev–Trinajstić information content (AvgIpc) is 2.78. The minimum Gasteiger partial charge on any atom is -0.311 e. The van der Waals surface area contributed by atoms with Crippen molar-refractivity contribution in [1.29, 1.82) is 0 Å². The fourth-order valence-corrected chi connectivity index (χ4v) is 1.86. The van der Waals surface area contributed by atoms with Crippen molar-refractivity contribution >= 4 is 0 Å². The molecule has 1 heterocycles. The van der Waals surface area contributed by atoms with E-state index in [1.807, 2.05) is 17.0 Å². The summed E-state index contributed by atoms with van der Waals surface area (Å²) in [6, 6.07) is 0. The highest BCUT2D eigenvalue weighted by Crippen LogP contribution is 2.12. The summed E-state index contributed by atoms with van der Waals surface area (Å²) in [5, 5.41) is 11.6. The average molecular weight is 265 g/mol. The molecule has 0 atom stereocenters. The molecular formula is C14H27N5. The smallest absolute Gasteiger partial charge is 0.0964 e. The lowest BCUT2D eigenvalue weighted by molar-refractivity contribution is 0.146. The Kier molecular flexibility index (Phi) is 6.18. The number of nitrogens with zero attached hydrogens (tertiary/aromatic N) is 4. The van der Waals surface area contributed by atoms with Gasteiger partial charge >= 0.3 is 0 Å². The maximum Gasteiger partial charge on any atom is 0.0964 e. The first-order valence-electron chi connectivity index (χ1n) is 6.93. The predicted octanol–water partition coefficient (Wildman–Crippen LogP) is 1.67. The van der Waals surface area contributed by atoms with Crippen LogP contribution in [0.3, 0.4) is 0 Å². The van der Waals surface area contributed by atoms with E-state index < -0.39 is 0 Å². The van der Waals surface area contributed by atoms with Crippen molar-refractivity contribution in [2.75, 3.05) is 19.6 Å². The van der Waals surface area contributed by atoms with Crippen LogP contribution in [0, 0.1) is 0 Å². The molecule has 19 heavy (non-hydrogen) atoms. The molecule has 108 valence electrons. The molecule has 0 aliphatic carbocycles. The van der Waals surface area contributed by atoms with Crippen LogP contribution in [0.25, 0.3) is 0 Å². The monoisotopic (exact) mass is 265 g/mol. The fourth-order valence-electron chi connectivity index (χ4n) is 1.86. The zero-order valence-corrected chi connectivity index (χ0v) is 12.7. The Morgan fingerprint density at radius 1 is 1.47 bits per heavy atom. The molecular weight excluding hydrogens is 238 g/mol. The first-order chi connectivity index (χ1) is 8.97. The molecule has 5 heteroatoms. The van der Waals surface area contributed by atoms with Crippen molar-refractivity contribution in [2.45, 2.75) is 46.3 Å². The van der Waals surface area contributed by atoms with Gasteiger partial charge in [0.05, 0.1) is 12.2 Å². The molecule has 0 unspecified atom stereocenters. The van der Waals surface area contributed by atoms with Gasteiger partial charge in [-0.05, 0) is 27.3 Å². The van der Waals surface area contributed by atoms with Crippen molar-refractivity contribution in [3.05, 3.63) is 24.5 Å². The summed E-state index contributed by atoms with van der Waals surface area (Å²) in [7, 11) is 0. The molecule has 0 amide bonds. The van der Waals surface area contributed by atoms with Crippen molar-refractivity contribution in [3.63, 3.8) is 0 Å². The Morgan fingerprint density at radius 3 is 2.79 bits per heavy atom. The summed E-state index contributed by atoms with van der Waals surface area (Å²) in [6.07, 6.45) is 3.96. The van der Waals surface area contributed by atoms with Gasteiger partial charge in [0, 0.05) is 31.4 Å². The van der Waals surface area contributed by atoms with Gasteiger partial charge in [-0.15, -0.1) is 11.7 Å². The van der Waals surface area contributed by atoms with E-state index in [1.165, 1.54) is 0 Å². The van der Waals surface area contributed by atoms with Gasteiger partial charge in [0.1, 0.15) is 0 Å². The first-order valence-corrected chi connectivity index (χ1v) is 6.93. The summed E-state index contributed by atoms with van der Waals surface area (Å²) in [6.45, 7) is 17.0. The van der Waals surface area contributed by atoms with Crippen molar-refractivity contribution < 1.29 is 0 Å². The third-order valence-electron chi connectivity index (χ3n) is 3.04. The molecule has 0 aromatic carbocycles. The number of nitrogens with one attached hydrogen (secondary N) is 1. The highest BCUT2D eigenvalue weighted by molar-refractivity contribution is 4.91. The van der Waals surface area contributed by atoms with E-state index in [4.69, 9.17) is 0 Å². The Balaban J connectivity index is 2.49. The first kappa shape index (κ1) is 15.9. The zero-order chi connectivity index (χ0) is 14.3. The van der Waals surface area contributed by atoms with E-state index in [-0.39, 0.29) is 5.54 Å². The fraction of sp³-hybridized carbons (Fsp3) is 0.714. The van der Waals surface area contributed by atoms with Crippen LogP contribution in [-0.2, 0) is 13.1 Å². The molecule has 0 spiro atoms. The molecule has 1 aromatic rings. The Labute approximate surface area is 116 Å². The number of rotatable bonds is 8. The quantitative estimate of drug-likeness (QED) is 0.726. The molecule has 0 saturated heterocycles. The molecule has 0 fully saturated rings. The predicted molar refractivity (Wildman–Crippen MR) is 78.9 cm³/mol. The molecule has 1 aromatic heterocycles. The van der Waals surface area contributed by atoms with E-state index in [1.54, 1.807) is 0 Å². The van der Waals surface area contributed by atoms with Gasteiger partial charge in [-0.1, -0.05) is 18.2 Å². The minimum absolute atomic E-state index is 0.140. The van der Waals surface area contributed by atoms with Gasteiger partial charge in [-0.2, -0.15) is 0 Å². The number of hydrogen-bond donors (Lipinski definition) is 1. The largest absolute Gasteiger partial charge is 0.311 e.